The molecule has 5 aliphatic rings. The number of nitriles is 1. The first kappa shape index (κ1) is 29.9. The number of hydrogen-bond acceptors (Lipinski definition) is 10. The van der Waals surface area contributed by atoms with E-state index in [1.807, 2.05) is 0 Å². The molecule has 3 saturated heterocycles. The van der Waals surface area contributed by atoms with Gasteiger partial charge in [0, 0.05) is 74.3 Å². The molecule has 11 heteroatoms. The van der Waals surface area contributed by atoms with Crippen LogP contribution in [-0.4, -0.2) is 96.2 Å². The summed E-state index contributed by atoms with van der Waals surface area (Å²) in [6.45, 7) is 11.5. The van der Waals surface area contributed by atoms with Crippen LogP contribution in [0.4, 0.5) is 17.5 Å². The average molecular weight is 625 g/mol. The number of aromatic nitrogens is 4. The van der Waals surface area contributed by atoms with Gasteiger partial charge >= 0.3 is 0 Å². The number of benzene rings is 1. The lowest BCUT2D eigenvalue weighted by molar-refractivity contribution is -0.0366. The quantitative estimate of drug-likeness (QED) is 0.416. The predicted octanol–water partition coefficient (Wildman–Crippen LogP) is 3.93. The van der Waals surface area contributed by atoms with E-state index in [2.05, 4.69) is 75.9 Å². The molecule has 1 aliphatic carbocycles. The first-order valence-electron chi connectivity index (χ1n) is 17.4. The number of fused-ring (bicyclic) bond motifs is 2. The summed E-state index contributed by atoms with van der Waals surface area (Å²) in [7, 11) is 4.46. The fourth-order valence-corrected chi connectivity index (χ4v) is 8.54. The number of nitrogens with zero attached hydrogens (tertiary/aromatic N) is 9. The average Bonchev–Trinajstić information content (AvgIpc) is 3.74. The van der Waals surface area contributed by atoms with Gasteiger partial charge in [-0.15, -0.1) is 0 Å². The van der Waals surface area contributed by atoms with Crippen LogP contribution in [0.15, 0.2) is 12.3 Å². The molecule has 1 aromatic carbocycles. The van der Waals surface area contributed by atoms with E-state index in [9.17, 15) is 5.26 Å². The zero-order valence-electron chi connectivity index (χ0n) is 27.9. The lowest BCUT2D eigenvalue weighted by Crippen LogP contribution is -2.57. The van der Waals surface area contributed by atoms with Gasteiger partial charge in [0.15, 0.2) is 6.23 Å². The van der Waals surface area contributed by atoms with E-state index >= 15 is 0 Å². The van der Waals surface area contributed by atoms with Crippen molar-refractivity contribution in [1.29, 1.82) is 5.26 Å². The van der Waals surface area contributed by atoms with Crippen LogP contribution in [0.2, 0.25) is 0 Å². The minimum absolute atomic E-state index is 0.00710. The highest BCUT2D eigenvalue weighted by Crippen LogP contribution is 2.50. The molecule has 244 valence electrons. The molecule has 11 nitrogen and oxygen atoms in total. The first-order valence-corrected chi connectivity index (χ1v) is 17.4. The van der Waals surface area contributed by atoms with E-state index in [4.69, 9.17) is 19.8 Å². The van der Waals surface area contributed by atoms with Crippen LogP contribution < -0.4 is 20.0 Å². The molecule has 0 bridgehead atoms. The molecule has 4 fully saturated rings. The standard InChI is InChI=1S/C35H48N10O/c1-23-17-30-28(18-38-45(30)31-7-5-6-16-46-31)32(24(23)2)42-14-9-27-29(22-42)39-34(44-19-25(20-44)35(10-11-35)41(3)4)40-33(27)43-15-13-37-26(21-43)8-12-36/h17-18,25-26,31,37H,5-11,13-16,19-22H2,1-4H3/t26-,31?/m0/s1. The number of ether oxygens (including phenoxy) is 1. The Hall–Kier alpha value is -3.46. The Balaban J connectivity index is 1.14. The molecule has 3 aromatic rings. The van der Waals surface area contributed by atoms with Crippen molar-refractivity contribution in [3.63, 3.8) is 0 Å². The van der Waals surface area contributed by atoms with Gasteiger partial charge in [0.2, 0.25) is 5.95 Å². The van der Waals surface area contributed by atoms with Crippen LogP contribution in [0.25, 0.3) is 10.9 Å². The highest BCUT2D eigenvalue weighted by Gasteiger charge is 2.55. The molecule has 2 atom stereocenters. The van der Waals surface area contributed by atoms with Gasteiger partial charge in [0.05, 0.1) is 42.1 Å². The molecule has 1 unspecified atom stereocenters. The maximum Gasteiger partial charge on any atom is 0.227 e. The Morgan fingerprint density at radius 3 is 2.67 bits per heavy atom. The van der Waals surface area contributed by atoms with Crippen LogP contribution in [0, 0.1) is 31.1 Å². The molecule has 0 amide bonds. The molecule has 6 heterocycles. The number of anilines is 3. The van der Waals surface area contributed by atoms with E-state index in [0.29, 0.717) is 17.9 Å². The number of hydrogen-bond donors (Lipinski definition) is 1. The van der Waals surface area contributed by atoms with Crippen molar-refractivity contribution in [2.45, 2.75) is 83.1 Å². The molecule has 2 aromatic heterocycles. The van der Waals surface area contributed by atoms with Crippen molar-refractivity contribution < 1.29 is 4.74 Å². The van der Waals surface area contributed by atoms with Gasteiger partial charge in [-0.1, -0.05) is 0 Å². The molecular weight excluding hydrogens is 576 g/mol. The summed E-state index contributed by atoms with van der Waals surface area (Å²) in [4.78, 5) is 20.4. The number of nitrogens with one attached hydrogen (secondary N) is 1. The van der Waals surface area contributed by atoms with Crippen LogP contribution in [0.3, 0.4) is 0 Å². The lowest BCUT2D eigenvalue weighted by Gasteiger charge is -2.47. The Bertz CT molecular complexity index is 1660. The fraction of sp³-hybridized carbons (Fsp3) is 0.657. The fourth-order valence-electron chi connectivity index (χ4n) is 8.54. The number of piperazine rings is 1. The minimum Gasteiger partial charge on any atom is -0.364 e. The van der Waals surface area contributed by atoms with Gasteiger partial charge in [-0.2, -0.15) is 15.3 Å². The Kier molecular flexibility index (Phi) is 7.58. The Labute approximate surface area is 272 Å². The molecular formula is C35H48N10O. The second-order valence-electron chi connectivity index (χ2n) is 14.5. The summed E-state index contributed by atoms with van der Waals surface area (Å²) in [5.74, 6) is 2.61. The summed E-state index contributed by atoms with van der Waals surface area (Å²) < 4.78 is 8.27. The predicted molar refractivity (Wildman–Crippen MR) is 180 cm³/mol. The molecule has 1 saturated carbocycles. The molecule has 1 N–H and O–H groups in total. The molecule has 0 radical (unpaired) electrons. The highest BCUT2D eigenvalue weighted by atomic mass is 16.5. The van der Waals surface area contributed by atoms with Gasteiger partial charge in [-0.3, -0.25) is 0 Å². The topological polar surface area (TPSA) is 102 Å². The normalized spacial score (nSPS) is 24.7. The van der Waals surface area contributed by atoms with E-state index < -0.39 is 0 Å². The Morgan fingerprint density at radius 2 is 1.93 bits per heavy atom. The monoisotopic (exact) mass is 624 g/mol. The van der Waals surface area contributed by atoms with Crippen molar-refractivity contribution in [3.05, 3.63) is 34.6 Å². The van der Waals surface area contributed by atoms with Crippen LogP contribution in [-0.2, 0) is 17.7 Å². The summed E-state index contributed by atoms with van der Waals surface area (Å²) in [5, 5.41) is 19.0. The summed E-state index contributed by atoms with van der Waals surface area (Å²) in [5.41, 5.74) is 7.78. The highest BCUT2D eigenvalue weighted by molar-refractivity contribution is 5.95. The van der Waals surface area contributed by atoms with Crippen LogP contribution >= 0.6 is 0 Å². The Morgan fingerprint density at radius 1 is 1.09 bits per heavy atom. The van der Waals surface area contributed by atoms with E-state index in [-0.39, 0.29) is 12.3 Å². The molecule has 4 aliphatic heterocycles. The number of aryl methyl sites for hydroxylation is 1. The van der Waals surface area contributed by atoms with Gasteiger partial charge in [-0.05, 0) is 83.7 Å². The molecule has 46 heavy (non-hydrogen) atoms. The van der Waals surface area contributed by atoms with Gasteiger partial charge in [-0.25, -0.2) is 9.67 Å². The van der Waals surface area contributed by atoms with Crippen molar-refractivity contribution in [1.82, 2.24) is 30.0 Å². The van der Waals surface area contributed by atoms with Gasteiger partial charge in [0.25, 0.3) is 0 Å². The molecule has 0 spiro atoms. The van der Waals surface area contributed by atoms with Gasteiger partial charge in [0.1, 0.15) is 5.82 Å². The van der Waals surface area contributed by atoms with Crippen LogP contribution in [0.5, 0.6) is 0 Å². The third-order valence-corrected chi connectivity index (χ3v) is 11.6. The van der Waals surface area contributed by atoms with Crippen molar-refractivity contribution in [2.24, 2.45) is 5.92 Å². The smallest absolute Gasteiger partial charge is 0.227 e. The largest absolute Gasteiger partial charge is 0.364 e. The lowest BCUT2D eigenvalue weighted by atomic mass is 9.88. The molecule has 8 rings (SSSR count). The van der Waals surface area contributed by atoms with Crippen molar-refractivity contribution in [3.8, 4) is 6.07 Å². The maximum atomic E-state index is 9.43. The number of rotatable bonds is 7. The van der Waals surface area contributed by atoms with E-state index in [0.717, 1.165) is 94.7 Å². The van der Waals surface area contributed by atoms with Crippen molar-refractivity contribution in [2.75, 3.05) is 74.7 Å². The second kappa shape index (κ2) is 11.7. The van der Waals surface area contributed by atoms with Crippen molar-refractivity contribution >= 4 is 28.4 Å². The third-order valence-electron chi connectivity index (χ3n) is 11.6. The van der Waals surface area contributed by atoms with Gasteiger partial charge < -0.3 is 29.7 Å². The second-order valence-corrected chi connectivity index (χ2v) is 14.5. The maximum absolute atomic E-state index is 9.43. The summed E-state index contributed by atoms with van der Waals surface area (Å²) in [6.07, 6.45) is 9.34. The zero-order chi connectivity index (χ0) is 31.6. The third kappa shape index (κ3) is 5.00. The first-order chi connectivity index (χ1) is 22.4. The van der Waals surface area contributed by atoms with Crippen LogP contribution in [0.1, 0.15) is 67.1 Å². The summed E-state index contributed by atoms with van der Waals surface area (Å²) in [6, 6.07) is 4.82. The SMILES string of the molecule is Cc1cc2c(cnn2C2CCCCO2)c(N2CCc3c(nc(N4CC(C5(N(C)C)CC5)C4)nc3N3CCN[C@@H](CC#N)C3)C2)c1C. The van der Waals surface area contributed by atoms with E-state index in [1.54, 1.807) is 0 Å². The van der Waals surface area contributed by atoms with E-state index in [1.165, 1.54) is 47.0 Å². The minimum atomic E-state index is 0.00710. The zero-order valence-corrected chi connectivity index (χ0v) is 27.9. The summed E-state index contributed by atoms with van der Waals surface area (Å²) >= 11 is 0.